The van der Waals surface area contributed by atoms with Crippen molar-refractivity contribution in [3.8, 4) is 33.4 Å². The van der Waals surface area contributed by atoms with Gasteiger partial charge in [-0.25, -0.2) is 0 Å². The normalized spacial score (nSPS) is 11.3. The summed E-state index contributed by atoms with van der Waals surface area (Å²) in [4.78, 5) is 2.37. The summed E-state index contributed by atoms with van der Waals surface area (Å²) in [5.41, 5.74) is 12.0. The molecule has 8 aromatic carbocycles. The van der Waals surface area contributed by atoms with Crippen molar-refractivity contribution in [2.24, 2.45) is 0 Å². The Morgan fingerprint density at radius 2 is 0.938 bits per heavy atom. The molecule has 0 aliphatic heterocycles. The van der Waals surface area contributed by atoms with E-state index < -0.39 is 0 Å². The molecule has 0 saturated heterocycles. The monoisotopic (exact) mass is 613 g/mol. The van der Waals surface area contributed by atoms with Gasteiger partial charge in [-0.2, -0.15) is 0 Å². The number of para-hydroxylation sites is 3. The minimum absolute atomic E-state index is 0.897. The summed E-state index contributed by atoms with van der Waals surface area (Å²) < 4.78 is 6.82. The van der Waals surface area contributed by atoms with Gasteiger partial charge in [0.1, 0.15) is 11.2 Å². The van der Waals surface area contributed by atoms with Gasteiger partial charge in [0.2, 0.25) is 0 Å². The third-order valence-corrected chi connectivity index (χ3v) is 9.27. The van der Waals surface area contributed by atoms with Crippen LogP contribution in [0.25, 0.3) is 66.1 Å². The van der Waals surface area contributed by atoms with Gasteiger partial charge >= 0.3 is 0 Å². The van der Waals surface area contributed by atoms with Crippen molar-refractivity contribution in [2.75, 3.05) is 4.90 Å². The third kappa shape index (κ3) is 4.74. The molecule has 0 aliphatic rings. The minimum Gasteiger partial charge on any atom is -0.455 e. The highest BCUT2D eigenvalue weighted by atomic mass is 16.3. The van der Waals surface area contributed by atoms with E-state index in [1.165, 1.54) is 27.6 Å². The summed E-state index contributed by atoms with van der Waals surface area (Å²) in [5.74, 6) is 0. The number of benzene rings is 8. The molecular formula is C46H31NO. The van der Waals surface area contributed by atoms with Gasteiger partial charge < -0.3 is 9.32 Å². The predicted molar refractivity (Wildman–Crippen MR) is 202 cm³/mol. The summed E-state index contributed by atoms with van der Waals surface area (Å²) in [5, 5.41) is 4.55. The molecule has 0 N–H and O–H groups in total. The molecule has 48 heavy (non-hydrogen) atoms. The molecule has 0 bridgehead atoms. The number of anilines is 3. The van der Waals surface area contributed by atoms with E-state index in [9.17, 15) is 0 Å². The summed E-state index contributed by atoms with van der Waals surface area (Å²) >= 11 is 0. The molecule has 2 heteroatoms. The lowest BCUT2D eigenvalue weighted by atomic mass is 9.93. The van der Waals surface area contributed by atoms with E-state index in [2.05, 4.69) is 193 Å². The van der Waals surface area contributed by atoms with Gasteiger partial charge in [0.05, 0.1) is 5.69 Å². The quantitative estimate of drug-likeness (QED) is 0.185. The van der Waals surface area contributed by atoms with Gasteiger partial charge in [0, 0.05) is 38.7 Å². The fourth-order valence-electron chi connectivity index (χ4n) is 7.04. The Bertz CT molecular complexity index is 2550. The topological polar surface area (TPSA) is 16.4 Å². The predicted octanol–water partition coefficient (Wildman–Crippen LogP) is 13.2. The molecule has 0 unspecified atom stereocenters. The third-order valence-electron chi connectivity index (χ3n) is 9.27. The zero-order valence-corrected chi connectivity index (χ0v) is 26.3. The van der Waals surface area contributed by atoms with Gasteiger partial charge in [-0.1, -0.05) is 152 Å². The van der Waals surface area contributed by atoms with Crippen LogP contribution < -0.4 is 4.90 Å². The van der Waals surface area contributed by atoms with Crippen LogP contribution in [0.4, 0.5) is 17.1 Å². The molecule has 0 amide bonds. The molecule has 2 nitrogen and oxygen atoms in total. The fraction of sp³-hybridized carbons (Fsp3) is 0. The highest BCUT2D eigenvalue weighted by Crippen LogP contribution is 2.46. The van der Waals surface area contributed by atoms with E-state index in [0.717, 1.165) is 55.5 Å². The van der Waals surface area contributed by atoms with Crippen molar-refractivity contribution in [1.82, 2.24) is 0 Å². The zero-order chi connectivity index (χ0) is 31.9. The molecule has 0 fully saturated rings. The average molecular weight is 614 g/mol. The maximum Gasteiger partial charge on any atom is 0.143 e. The number of rotatable bonds is 6. The molecule has 0 spiro atoms. The fourth-order valence-corrected chi connectivity index (χ4v) is 7.04. The Labute approximate surface area is 279 Å². The van der Waals surface area contributed by atoms with Crippen LogP contribution in [0.2, 0.25) is 0 Å². The largest absolute Gasteiger partial charge is 0.455 e. The van der Waals surface area contributed by atoms with Crippen molar-refractivity contribution in [1.29, 1.82) is 0 Å². The number of nitrogens with zero attached hydrogens (tertiary/aromatic N) is 1. The molecule has 9 aromatic rings. The van der Waals surface area contributed by atoms with Crippen LogP contribution in [0.5, 0.6) is 0 Å². The zero-order valence-electron chi connectivity index (χ0n) is 26.3. The van der Waals surface area contributed by atoms with E-state index in [-0.39, 0.29) is 0 Å². The van der Waals surface area contributed by atoms with Crippen LogP contribution in [-0.4, -0.2) is 0 Å². The Morgan fingerprint density at radius 3 is 1.73 bits per heavy atom. The second-order valence-electron chi connectivity index (χ2n) is 12.1. The van der Waals surface area contributed by atoms with E-state index in [0.29, 0.717) is 0 Å². The molecule has 0 saturated carbocycles. The summed E-state index contributed by atoms with van der Waals surface area (Å²) in [7, 11) is 0. The van der Waals surface area contributed by atoms with E-state index >= 15 is 0 Å². The molecule has 226 valence electrons. The first kappa shape index (κ1) is 27.9. The lowest BCUT2D eigenvalue weighted by molar-refractivity contribution is 0.674. The molecule has 0 radical (unpaired) electrons. The van der Waals surface area contributed by atoms with Crippen LogP contribution in [0.3, 0.4) is 0 Å². The average Bonchev–Trinajstić information content (AvgIpc) is 3.56. The summed E-state index contributed by atoms with van der Waals surface area (Å²) in [6.07, 6.45) is 0. The van der Waals surface area contributed by atoms with E-state index in [1.54, 1.807) is 0 Å². The second kappa shape index (κ2) is 11.8. The number of hydrogen-bond acceptors (Lipinski definition) is 2. The molecule has 0 aliphatic carbocycles. The smallest absolute Gasteiger partial charge is 0.143 e. The Balaban J connectivity index is 1.28. The number of hydrogen-bond donors (Lipinski definition) is 0. The molecule has 1 heterocycles. The lowest BCUT2D eigenvalue weighted by Gasteiger charge is -2.29. The molecule has 1 aromatic heterocycles. The molecule has 0 atom stereocenters. The minimum atomic E-state index is 0.897. The van der Waals surface area contributed by atoms with Crippen LogP contribution in [-0.2, 0) is 0 Å². The van der Waals surface area contributed by atoms with Crippen LogP contribution in [0, 0.1) is 0 Å². The van der Waals surface area contributed by atoms with Crippen LogP contribution >= 0.6 is 0 Å². The van der Waals surface area contributed by atoms with Crippen molar-refractivity contribution < 1.29 is 4.42 Å². The van der Waals surface area contributed by atoms with Crippen molar-refractivity contribution in [3.63, 3.8) is 0 Å². The van der Waals surface area contributed by atoms with Gasteiger partial charge in [-0.3, -0.25) is 0 Å². The first-order valence-electron chi connectivity index (χ1n) is 16.4. The Hall–Kier alpha value is -6.38. The maximum absolute atomic E-state index is 6.82. The number of furan rings is 1. The van der Waals surface area contributed by atoms with E-state index in [4.69, 9.17) is 4.42 Å². The Kier molecular flexibility index (Phi) is 6.84. The summed E-state index contributed by atoms with van der Waals surface area (Å²) in [6, 6.07) is 66.8. The van der Waals surface area contributed by atoms with Gasteiger partial charge in [-0.15, -0.1) is 0 Å². The van der Waals surface area contributed by atoms with Crippen molar-refractivity contribution in [3.05, 3.63) is 188 Å². The first-order valence-corrected chi connectivity index (χ1v) is 16.4. The van der Waals surface area contributed by atoms with Gasteiger partial charge in [0.15, 0.2) is 0 Å². The summed E-state index contributed by atoms with van der Waals surface area (Å²) in [6.45, 7) is 0. The lowest BCUT2D eigenvalue weighted by Crippen LogP contribution is -2.11. The SMILES string of the molecule is c1ccc(-c2ccc(N(c3ccccc3)c3ccccc3-c3cccc4c3oc3c5ccccc5ccc43)cc2-c2ccccc2)cc1. The molecular weight excluding hydrogens is 583 g/mol. The van der Waals surface area contributed by atoms with Gasteiger partial charge in [0.25, 0.3) is 0 Å². The van der Waals surface area contributed by atoms with Crippen molar-refractivity contribution in [2.45, 2.75) is 0 Å². The highest BCUT2D eigenvalue weighted by molar-refractivity contribution is 6.17. The maximum atomic E-state index is 6.82. The standard InChI is InChI=1S/C46H31NO/c1-4-15-32(16-5-1)37-30-28-36(31-43(37)33-17-6-2-7-18-33)47(35-20-8-3-9-21-35)44-26-13-12-23-39(44)40-24-14-25-41-42-29-27-34-19-10-11-22-38(34)45(42)48-46(40)41/h1-31H. The first-order chi connectivity index (χ1) is 23.8. The van der Waals surface area contributed by atoms with Crippen molar-refractivity contribution >= 4 is 49.8 Å². The second-order valence-corrected chi connectivity index (χ2v) is 12.1. The Morgan fingerprint density at radius 1 is 0.333 bits per heavy atom. The van der Waals surface area contributed by atoms with Crippen LogP contribution in [0.1, 0.15) is 0 Å². The molecule has 9 rings (SSSR count). The van der Waals surface area contributed by atoms with Gasteiger partial charge in [-0.05, 0) is 64.0 Å². The van der Waals surface area contributed by atoms with E-state index in [1.807, 2.05) is 0 Å². The highest BCUT2D eigenvalue weighted by Gasteiger charge is 2.22. The van der Waals surface area contributed by atoms with Crippen LogP contribution in [0.15, 0.2) is 192 Å². The number of fused-ring (bicyclic) bond motifs is 5.